The van der Waals surface area contributed by atoms with Gasteiger partial charge in [-0.1, -0.05) is 23.2 Å². The van der Waals surface area contributed by atoms with Gasteiger partial charge in [-0.15, -0.1) is 0 Å². The van der Waals surface area contributed by atoms with Crippen LogP contribution in [0.2, 0.25) is 10.2 Å². The Kier molecular flexibility index (Phi) is 3.65. The highest BCUT2D eigenvalue weighted by molar-refractivity contribution is 6.34. The second-order valence-electron chi connectivity index (χ2n) is 5.02. The second-order valence-corrected chi connectivity index (χ2v) is 5.82. The highest BCUT2D eigenvalue weighted by atomic mass is 35.5. The average Bonchev–Trinajstić information content (AvgIpc) is 3.25. The van der Waals surface area contributed by atoms with Crippen LogP contribution in [0.3, 0.4) is 0 Å². The third-order valence-corrected chi connectivity index (χ3v) is 4.19. The molecule has 2 fully saturated rings. The molecule has 0 aromatic carbocycles. The summed E-state index contributed by atoms with van der Waals surface area (Å²) in [5.41, 5.74) is 0.258. The van der Waals surface area contributed by atoms with Crippen molar-refractivity contribution in [1.82, 2.24) is 14.8 Å². The van der Waals surface area contributed by atoms with E-state index in [-0.39, 0.29) is 11.6 Å². The normalized spacial score (nSPS) is 20.6. The van der Waals surface area contributed by atoms with Gasteiger partial charge in [0.05, 0.1) is 5.02 Å². The lowest BCUT2D eigenvalue weighted by Gasteiger charge is -2.34. The number of hydrogen-bond acceptors (Lipinski definition) is 3. The summed E-state index contributed by atoms with van der Waals surface area (Å²) in [7, 11) is 0. The van der Waals surface area contributed by atoms with Crippen molar-refractivity contribution in [2.75, 3.05) is 26.2 Å². The van der Waals surface area contributed by atoms with Crippen LogP contribution in [0, 0.1) is 0 Å². The van der Waals surface area contributed by atoms with Gasteiger partial charge in [0, 0.05) is 32.2 Å². The van der Waals surface area contributed by atoms with E-state index in [0.29, 0.717) is 10.2 Å². The second kappa shape index (κ2) is 5.27. The summed E-state index contributed by atoms with van der Waals surface area (Å²) < 4.78 is 0. The zero-order valence-electron chi connectivity index (χ0n) is 10.5. The van der Waals surface area contributed by atoms with E-state index in [2.05, 4.69) is 9.88 Å². The Morgan fingerprint density at radius 3 is 2.47 bits per heavy atom. The molecule has 3 rings (SSSR count). The maximum Gasteiger partial charge on any atom is 0.274 e. The summed E-state index contributed by atoms with van der Waals surface area (Å²) in [5, 5.41) is 0.656. The number of pyridine rings is 1. The Balaban J connectivity index is 1.68. The van der Waals surface area contributed by atoms with Crippen LogP contribution >= 0.6 is 23.2 Å². The maximum atomic E-state index is 12.4. The lowest BCUT2D eigenvalue weighted by molar-refractivity contribution is 0.0622. The summed E-state index contributed by atoms with van der Waals surface area (Å²) in [6.45, 7) is 3.35. The molecule has 1 aliphatic carbocycles. The fourth-order valence-electron chi connectivity index (χ4n) is 2.45. The van der Waals surface area contributed by atoms with Gasteiger partial charge in [-0.2, -0.15) is 0 Å². The van der Waals surface area contributed by atoms with Crippen molar-refractivity contribution in [2.45, 2.75) is 18.9 Å². The lowest BCUT2D eigenvalue weighted by Crippen LogP contribution is -2.49. The summed E-state index contributed by atoms with van der Waals surface area (Å²) in [4.78, 5) is 20.7. The number of aromatic nitrogens is 1. The van der Waals surface area contributed by atoms with Crippen molar-refractivity contribution < 1.29 is 4.79 Å². The molecule has 0 N–H and O–H groups in total. The van der Waals surface area contributed by atoms with Crippen LogP contribution in [-0.2, 0) is 0 Å². The number of hydrogen-bond donors (Lipinski definition) is 0. The van der Waals surface area contributed by atoms with Gasteiger partial charge in [-0.3, -0.25) is 9.69 Å². The van der Waals surface area contributed by atoms with Gasteiger partial charge in [0.1, 0.15) is 10.8 Å². The molecule has 1 aromatic heterocycles. The van der Waals surface area contributed by atoms with Crippen molar-refractivity contribution in [3.8, 4) is 0 Å². The molecule has 19 heavy (non-hydrogen) atoms. The molecule has 0 bridgehead atoms. The Labute approximate surface area is 122 Å². The lowest BCUT2D eigenvalue weighted by atomic mass is 10.2. The molecule has 0 unspecified atom stereocenters. The van der Waals surface area contributed by atoms with E-state index in [1.807, 2.05) is 4.90 Å². The molecule has 6 heteroatoms. The van der Waals surface area contributed by atoms with Crippen molar-refractivity contribution in [3.63, 3.8) is 0 Å². The number of piperazine rings is 1. The monoisotopic (exact) mass is 299 g/mol. The van der Waals surface area contributed by atoms with Crippen LogP contribution in [0.25, 0.3) is 0 Å². The Bertz CT molecular complexity index is 497. The van der Waals surface area contributed by atoms with E-state index in [1.54, 1.807) is 12.1 Å². The van der Waals surface area contributed by atoms with Crippen LogP contribution in [0.1, 0.15) is 23.3 Å². The van der Waals surface area contributed by atoms with Gasteiger partial charge in [-0.25, -0.2) is 4.98 Å². The Hall–Kier alpha value is -0.840. The number of nitrogens with zero attached hydrogens (tertiary/aromatic N) is 3. The predicted octanol–water partition coefficient (Wildman–Crippen LogP) is 2.31. The third kappa shape index (κ3) is 2.86. The molecule has 4 nitrogen and oxygen atoms in total. The molecule has 0 spiro atoms. The minimum atomic E-state index is -0.122. The van der Waals surface area contributed by atoms with Crippen LogP contribution in [-0.4, -0.2) is 52.9 Å². The zero-order valence-corrected chi connectivity index (χ0v) is 12.0. The average molecular weight is 300 g/mol. The van der Waals surface area contributed by atoms with Crippen molar-refractivity contribution in [2.24, 2.45) is 0 Å². The van der Waals surface area contributed by atoms with E-state index in [4.69, 9.17) is 23.2 Å². The van der Waals surface area contributed by atoms with E-state index in [9.17, 15) is 4.79 Å². The third-order valence-electron chi connectivity index (χ3n) is 3.68. The maximum absolute atomic E-state index is 12.4. The SMILES string of the molecule is O=C(c1nc(Cl)ccc1Cl)N1CCN(C2CC2)CC1. The molecule has 1 aliphatic heterocycles. The van der Waals surface area contributed by atoms with Crippen molar-refractivity contribution in [3.05, 3.63) is 28.0 Å². The quantitative estimate of drug-likeness (QED) is 0.786. The number of carbonyl (C=O) groups is 1. The topological polar surface area (TPSA) is 36.4 Å². The first-order chi connectivity index (χ1) is 9.15. The molecule has 2 heterocycles. The Morgan fingerprint density at radius 2 is 1.84 bits per heavy atom. The fraction of sp³-hybridized carbons (Fsp3) is 0.538. The van der Waals surface area contributed by atoms with E-state index < -0.39 is 0 Å². The van der Waals surface area contributed by atoms with E-state index >= 15 is 0 Å². The highest BCUT2D eigenvalue weighted by Gasteiger charge is 2.33. The molecule has 1 saturated heterocycles. The van der Waals surface area contributed by atoms with Crippen LogP contribution in [0.5, 0.6) is 0 Å². The minimum Gasteiger partial charge on any atom is -0.335 e. The van der Waals surface area contributed by atoms with Gasteiger partial charge >= 0.3 is 0 Å². The summed E-state index contributed by atoms with van der Waals surface area (Å²) >= 11 is 11.8. The molecule has 1 aromatic rings. The highest BCUT2D eigenvalue weighted by Crippen LogP contribution is 2.28. The van der Waals surface area contributed by atoms with Crippen molar-refractivity contribution >= 4 is 29.1 Å². The summed E-state index contributed by atoms with van der Waals surface area (Å²) in [6.07, 6.45) is 2.60. The van der Waals surface area contributed by atoms with Gasteiger partial charge in [-0.05, 0) is 25.0 Å². The first kappa shape index (κ1) is 13.2. The summed E-state index contributed by atoms with van der Waals surface area (Å²) in [6, 6.07) is 3.96. The van der Waals surface area contributed by atoms with E-state index in [0.717, 1.165) is 32.2 Å². The first-order valence-electron chi connectivity index (χ1n) is 6.50. The van der Waals surface area contributed by atoms with E-state index in [1.165, 1.54) is 12.8 Å². The molecular weight excluding hydrogens is 285 g/mol. The standard InChI is InChI=1S/C13H15Cl2N3O/c14-10-3-4-11(15)16-12(10)13(19)18-7-5-17(6-8-18)9-1-2-9/h3-4,9H,1-2,5-8H2. The molecule has 1 saturated carbocycles. The Morgan fingerprint density at radius 1 is 1.16 bits per heavy atom. The smallest absolute Gasteiger partial charge is 0.274 e. The summed E-state index contributed by atoms with van der Waals surface area (Å²) in [5.74, 6) is -0.122. The molecular formula is C13H15Cl2N3O. The number of rotatable bonds is 2. The molecule has 0 atom stereocenters. The number of halogens is 2. The van der Waals surface area contributed by atoms with Gasteiger partial charge in [0.15, 0.2) is 0 Å². The molecule has 102 valence electrons. The largest absolute Gasteiger partial charge is 0.335 e. The molecule has 1 amide bonds. The van der Waals surface area contributed by atoms with Gasteiger partial charge in [0.2, 0.25) is 0 Å². The number of amides is 1. The van der Waals surface area contributed by atoms with Crippen LogP contribution in [0.15, 0.2) is 12.1 Å². The van der Waals surface area contributed by atoms with Gasteiger partial charge in [0.25, 0.3) is 5.91 Å². The van der Waals surface area contributed by atoms with Crippen molar-refractivity contribution in [1.29, 1.82) is 0 Å². The minimum absolute atomic E-state index is 0.122. The first-order valence-corrected chi connectivity index (χ1v) is 7.26. The van der Waals surface area contributed by atoms with Gasteiger partial charge < -0.3 is 4.90 Å². The zero-order chi connectivity index (χ0) is 13.4. The molecule has 0 radical (unpaired) electrons. The van der Waals surface area contributed by atoms with Crippen LogP contribution in [0.4, 0.5) is 0 Å². The molecule has 2 aliphatic rings. The predicted molar refractivity (Wildman–Crippen MR) is 74.8 cm³/mol. The number of carbonyl (C=O) groups excluding carboxylic acids is 1. The fourth-order valence-corrected chi connectivity index (χ4v) is 2.78. The van der Waals surface area contributed by atoms with Crippen LogP contribution < -0.4 is 0 Å².